The van der Waals surface area contributed by atoms with Crippen LogP contribution in [-0.4, -0.2) is 31.8 Å². The Morgan fingerprint density at radius 1 is 1.35 bits per heavy atom. The van der Waals surface area contributed by atoms with E-state index in [2.05, 4.69) is 56.1 Å². The van der Waals surface area contributed by atoms with E-state index in [-0.39, 0.29) is 18.2 Å². The van der Waals surface area contributed by atoms with Crippen LogP contribution in [0.1, 0.15) is 39.3 Å². The minimum Gasteiger partial charge on any atom is -0.372 e. The van der Waals surface area contributed by atoms with Crippen molar-refractivity contribution in [3.63, 3.8) is 0 Å². The molecule has 1 N–H and O–H groups in total. The fourth-order valence-corrected chi connectivity index (χ4v) is 3.21. The molecule has 1 aliphatic rings. The maximum atomic E-state index is 6.45. The molecule has 0 aliphatic carbocycles. The summed E-state index contributed by atoms with van der Waals surface area (Å²) < 4.78 is 5.78. The third kappa shape index (κ3) is 3.66. The SMILES string of the molecule is CCNC(C)c1ccc(N2C[C@@H](C)O[C@@H](C)C2)cc1Cl. The first-order valence-electron chi connectivity index (χ1n) is 7.44. The smallest absolute Gasteiger partial charge is 0.0726 e. The van der Waals surface area contributed by atoms with Gasteiger partial charge < -0.3 is 15.0 Å². The van der Waals surface area contributed by atoms with Crippen molar-refractivity contribution in [3.8, 4) is 0 Å². The minimum absolute atomic E-state index is 0.262. The van der Waals surface area contributed by atoms with Crippen molar-refractivity contribution in [3.05, 3.63) is 28.8 Å². The summed E-state index contributed by atoms with van der Waals surface area (Å²) in [7, 11) is 0. The molecule has 4 heteroatoms. The van der Waals surface area contributed by atoms with E-state index < -0.39 is 0 Å². The Morgan fingerprint density at radius 2 is 2.00 bits per heavy atom. The Balaban J connectivity index is 2.16. The number of anilines is 1. The van der Waals surface area contributed by atoms with Gasteiger partial charge >= 0.3 is 0 Å². The third-order valence-corrected chi connectivity index (χ3v) is 4.07. The van der Waals surface area contributed by atoms with Gasteiger partial charge in [-0.2, -0.15) is 0 Å². The Hall–Kier alpha value is -0.770. The number of morpholine rings is 1. The van der Waals surface area contributed by atoms with Crippen LogP contribution in [0, 0.1) is 0 Å². The first-order chi connectivity index (χ1) is 9.51. The van der Waals surface area contributed by atoms with Crippen LogP contribution < -0.4 is 10.2 Å². The molecule has 0 saturated carbocycles. The van der Waals surface area contributed by atoms with Gasteiger partial charge in [-0.25, -0.2) is 0 Å². The highest BCUT2D eigenvalue weighted by Crippen LogP contribution is 2.29. The molecule has 2 rings (SSSR count). The van der Waals surface area contributed by atoms with E-state index in [0.717, 1.165) is 30.2 Å². The summed E-state index contributed by atoms with van der Waals surface area (Å²) in [6.07, 6.45) is 0.524. The molecule has 0 amide bonds. The van der Waals surface area contributed by atoms with Crippen LogP contribution in [0.2, 0.25) is 5.02 Å². The Kier molecular flexibility index (Phi) is 5.30. The molecule has 0 aromatic heterocycles. The molecule has 0 bridgehead atoms. The van der Waals surface area contributed by atoms with Gasteiger partial charge in [0.2, 0.25) is 0 Å². The fraction of sp³-hybridized carbons (Fsp3) is 0.625. The summed E-state index contributed by atoms with van der Waals surface area (Å²) in [5, 5.41) is 4.23. The van der Waals surface area contributed by atoms with E-state index in [9.17, 15) is 0 Å². The van der Waals surface area contributed by atoms with Gasteiger partial charge in [0, 0.05) is 29.8 Å². The largest absolute Gasteiger partial charge is 0.372 e. The highest BCUT2D eigenvalue weighted by Gasteiger charge is 2.23. The zero-order valence-corrected chi connectivity index (χ0v) is 13.6. The van der Waals surface area contributed by atoms with Crippen LogP contribution in [-0.2, 0) is 4.74 Å². The maximum Gasteiger partial charge on any atom is 0.0726 e. The zero-order chi connectivity index (χ0) is 14.7. The highest BCUT2D eigenvalue weighted by molar-refractivity contribution is 6.31. The quantitative estimate of drug-likeness (QED) is 0.918. The predicted molar refractivity (Wildman–Crippen MR) is 85.8 cm³/mol. The number of hydrogen-bond acceptors (Lipinski definition) is 3. The lowest BCUT2D eigenvalue weighted by atomic mass is 10.1. The summed E-state index contributed by atoms with van der Waals surface area (Å²) in [5.74, 6) is 0. The molecule has 1 saturated heterocycles. The molecule has 0 spiro atoms. The van der Waals surface area contributed by atoms with Gasteiger partial charge in [0.1, 0.15) is 0 Å². The molecule has 3 nitrogen and oxygen atoms in total. The average Bonchev–Trinajstić information content (AvgIpc) is 2.37. The van der Waals surface area contributed by atoms with Crippen molar-refractivity contribution < 1.29 is 4.74 Å². The van der Waals surface area contributed by atoms with Crippen molar-refractivity contribution >= 4 is 17.3 Å². The van der Waals surface area contributed by atoms with E-state index in [1.54, 1.807) is 0 Å². The van der Waals surface area contributed by atoms with Crippen LogP contribution in [0.15, 0.2) is 18.2 Å². The van der Waals surface area contributed by atoms with Gasteiger partial charge in [0.25, 0.3) is 0 Å². The molecule has 112 valence electrons. The molecule has 3 atom stereocenters. The molecule has 20 heavy (non-hydrogen) atoms. The first-order valence-corrected chi connectivity index (χ1v) is 7.82. The average molecular weight is 297 g/mol. The lowest BCUT2D eigenvalue weighted by Gasteiger charge is -2.37. The van der Waals surface area contributed by atoms with E-state index in [4.69, 9.17) is 16.3 Å². The minimum atomic E-state index is 0.262. The monoisotopic (exact) mass is 296 g/mol. The molecule has 1 unspecified atom stereocenters. The summed E-state index contributed by atoms with van der Waals surface area (Å²) in [6, 6.07) is 6.66. The van der Waals surface area contributed by atoms with E-state index in [1.807, 2.05) is 0 Å². The van der Waals surface area contributed by atoms with Crippen molar-refractivity contribution in [2.75, 3.05) is 24.5 Å². The van der Waals surface area contributed by atoms with Crippen LogP contribution in [0.4, 0.5) is 5.69 Å². The van der Waals surface area contributed by atoms with E-state index in [0.29, 0.717) is 0 Å². The normalized spacial score (nSPS) is 24.8. The van der Waals surface area contributed by atoms with Crippen LogP contribution in [0.5, 0.6) is 0 Å². The van der Waals surface area contributed by atoms with Gasteiger partial charge in [-0.05, 0) is 45.0 Å². The second-order valence-corrected chi connectivity index (χ2v) is 6.05. The van der Waals surface area contributed by atoms with Crippen LogP contribution in [0.25, 0.3) is 0 Å². The summed E-state index contributed by atoms with van der Waals surface area (Å²) in [6.45, 7) is 11.3. The number of ether oxygens (including phenoxy) is 1. The molecule has 1 fully saturated rings. The molecule has 1 aliphatic heterocycles. The van der Waals surface area contributed by atoms with Crippen molar-refractivity contribution in [1.82, 2.24) is 5.32 Å². The molecular formula is C16H25ClN2O. The first kappa shape index (κ1) is 15.6. The van der Waals surface area contributed by atoms with Gasteiger partial charge in [-0.1, -0.05) is 24.6 Å². The third-order valence-electron chi connectivity index (χ3n) is 3.75. The number of benzene rings is 1. The number of halogens is 1. The van der Waals surface area contributed by atoms with Gasteiger partial charge in [-0.15, -0.1) is 0 Å². The maximum absolute atomic E-state index is 6.45. The molecule has 0 radical (unpaired) electrons. The van der Waals surface area contributed by atoms with Crippen LogP contribution >= 0.6 is 11.6 Å². The van der Waals surface area contributed by atoms with Gasteiger partial charge in [-0.3, -0.25) is 0 Å². The summed E-state index contributed by atoms with van der Waals surface area (Å²) >= 11 is 6.45. The molecule has 1 heterocycles. The number of nitrogens with zero attached hydrogens (tertiary/aromatic N) is 1. The summed E-state index contributed by atoms with van der Waals surface area (Å²) in [4.78, 5) is 2.35. The molecule has 1 aromatic carbocycles. The topological polar surface area (TPSA) is 24.5 Å². The van der Waals surface area contributed by atoms with Gasteiger partial charge in [0.15, 0.2) is 0 Å². The van der Waals surface area contributed by atoms with E-state index >= 15 is 0 Å². The van der Waals surface area contributed by atoms with Crippen molar-refractivity contribution in [1.29, 1.82) is 0 Å². The Labute approximate surface area is 127 Å². The zero-order valence-electron chi connectivity index (χ0n) is 12.8. The van der Waals surface area contributed by atoms with Crippen molar-refractivity contribution in [2.24, 2.45) is 0 Å². The Bertz CT molecular complexity index is 442. The highest BCUT2D eigenvalue weighted by atomic mass is 35.5. The second kappa shape index (κ2) is 6.79. The standard InChI is InChI=1S/C16H25ClN2O/c1-5-18-13(4)15-7-6-14(8-16(15)17)19-9-11(2)20-12(3)10-19/h6-8,11-13,18H,5,9-10H2,1-4H3/t11-,12+,13?. The fourth-order valence-electron chi connectivity index (χ4n) is 2.87. The lowest BCUT2D eigenvalue weighted by molar-refractivity contribution is -0.00521. The molecule has 1 aromatic rings. The van der Waals surface area contributed by atoms with E-state index in [1.165, 1.54) is 5.69 Å². The Morgan fingerprint density at radius 3 is 2.55 bits per heavy atom. The number of nitrogens with one attached hydrogen (secondary N) is 1. The lowest BCUT2D eigenvalue weighted by Crippen LogP contribution is -2.45. The second-order valence-electron chi connectivity index (χ2n) is 5.65. The predicted octanol–water partition coefficient (Wildman–Crippen LogP) is 3.62. The number of hydrogen-bond donors (Lipinski definition) is 1. The molecular weight excluding hydrogens is 272 g/mol. The summed E-state index contributed by atoms with van der Waals surface area (Å²) in [5.41, 5.74) is 2.34. The van der Waals surface area contributed by atoms with Gasteiger partial charge in [0.05, 0.1) is 12.2 Å². The van der Waals surface area contributed by atoms with Crippen LogP contribution in [0.3, 0.4) is 0 Å². The number of rotatable bonds is 4. The van der Waals surface area contributed by atoms with Crippen molar-refractivity contribution in [2.45, 2.75) is 45.9 Å².